The van der Waals surface area contributed by atoms with Crippen LogP contribution in [0.1, 0.15) is 22.8 Å². The zero-order valence-corrected chi connectivity index (χ0v) is 21.2. The molecule has 2 N–H and O–H groups in total. The van der Waals surface area contributed by atoms with Gasteiger partial charge in [-0.3, -0.25) is 15.0 Å². The molecule has 0 atom stereocenters. The number of amides is 1. The van der Waals surface area contributed by atoms with Crippen molar-refractivity contribution in [2.45, 2.75) is 13.5 Å². The van der Waals surface area contributed by atoms with Gasteiger partial charge in [-0.1, -0.05) is 29.8 Å². The lowest BCUT2D eigenvalue weighted by molar-refractivity contribution is 0.0977. The van der Waals surface area contributed by atoms with Crippen LogP contribution >= 0.6 is 23.8 Å². The van der Waals surface area contributed by atoms with Crippen LogP contribution in [-0.2, 0) is 6.54 Å². The maximum atomic E-state index is 12.4. The first kappa shape index (κ1) is 25.0. The van der Waals surface area contributed by atoms with E-state index >= 15 is 0 Å². The van der Waals surface area contributed by atoms with Crippen molar-refractivity contribution in [1.29, 1.82) is 0 Å². The van der Waals surface area contributed by atoms with Crippen LogP contribution < -0.4 is 20.3 Å². The number of carbonyl (C=O) groups is 1. The lowest BCUT2D eigenvalue weighted by Crippen LogP contribution is -2.46. The molecule has 1 aliphatic rings. The van der Waals surface area contributed by atoms with E-state index in [1.807, 2.05) is 37.3 Å². The average molecular weight is 509 g/mol. The quantitative estimate of drug-likeness (QED) is 0.428. The van der Waals surface area contributed by atoms with Crippen molar-refractivity contribution in [3.8, 4) is 5.75 Å². The molecule has 0 aliphatic carbocycles. The zero-order valence-electron chi connectivity index (χ0n) is 19.7. The van der Waals surface area contributed by atoms with Gasteiger partial charge in [0.2, 0.25) is 0 Å². The second-order valence-electron chi connectivity index (χ2n) is 8.27. The van der Waals surface area contributed by atoms with Crippen molar-refractivity contribution in [1.82, 2.24) is 10.2 Å². The topological polar surface area (TPSA) is 56.8 Å². The molecule has 35 heavy (non-hydrogen) atoms. The maximum absolute atomic E-state index is 12.4. The number of ether oxygens (including phenoxy) is 1. The number of halogens is 1. The summed E-state index contributed by atoms with van der Waals surface area (Å²) in [7, 11) is 0. The highest BCUT2D eigenvalue weighted by molar-refractivity contribution is 7.80. The Hall–Kier alpha value is -3.13. The van der Waals surface area contributed by atoms with Crippen LogP contribution in [0, 0.1) is 0 Å². The van der Waals surface area contributed by atoms with E-state index in [2.05, 4.69) is 38.6 Å². The molecule has 3 aromatic rings. The molecule has 0 aromatic heterocycles. The van der Waals surface area contributed by atoms with Gasteiger partial charge in [-0.15, -0.1) is 0 Å². The Morgan fingerprint density at radius 3 is 2.31 bits per heavy atom. The van der Waals surface area contributed by atoms with Crippen LogP contribution in [0.15, 0.2) is 72.8 Å². The summed E-state index contributed by atoms with van der Waals surface area (Å²) in [6, 6.07) is 23.1. The van der Waals surface area contributed by atoms with Gasteiger partial charge < -0.3 is 15.0 Å². The van der Waals surface area contributed by atoms with Crippen molar-refractivity contribution >= 4 is 46.2 Å². The lowest BCUT2D eigenvalue weighted by Gasteiger charge is -2.36. The van der Waals surface area contributed by atoms with E-state index in [4.69, 9.17) is 28.6 Å². The minimum absolute atomic E-state index is 0.254. The number of hydrogen-bond acceptors (Lipinski definition) is 5. The van der Waals surface area contributed by atoms with Crippen LogP contribution in [0.3, 0.4) is 0 Å². The predicted octanol–water partition coefficient (Wildman–Crippen LogP) is 5.19. The van der Waals surface area contributed by atoms with Crippen molar-refractivity contribution in [2.75, 3.05) is 43.0 Å². The van der Waals surface area contributed by atoms with Crippen LogP contribution in [0.4, 0.5) is 11.4 Å². The monoisotopic (exact) mass is 508 g/mol. The van der Waals surface area contributed by atoms with E-state index in [1.165, 1.54) is 5.56 Å². The summed E-state index contributed by atoms with van der Waals surface area (Å²) in [5.74, 6) is 0.462. The molecule has 1 aliphatic heterocycles. The molecule has 4 rings (SSSR count). The highest BCUT2D eigenvalue weighted by Gasteiger charge is 2.18. The number of nitrogens with one attached hydrogen (secondary N) is 2. The number of thiocarbonyl (C=S) groups is 1. The van der Waals surface area contributed by atoms with Gasteiger partial charge in [0.05, 0.1) is 6.61 Å². The number of carbonyl (C=O) groups excluding carboxylic acids is 1. The second kappa shape index (κ2) is 12.0. The first-order chi connectivity index (χ1) is 17.0. The van der Waals surface area contributed by atoms with E-state index in [0.29, 0.717) is 12.2 Å². The molecule has 1 fully saturated rings. The highest BCUT2D eigenvalue weighted by Crippen LogP contribution is 2.22. The molecular formula is C27H29ClN4O2S. The van der Waals surface area contributed by atoms with Gasteiger partial charge in [0.15, 0.2) is 5.11 Å². The average Bonchev–Trinajstić information content (AvgIpc) is 2.87. The van der Waals surface area contributed by atoms with Gasteiger partial charge >= 0.3 is 0 Å². The number of nitrogens with zero attached hydrogens (tertiary/aromatic N) is 2. The van der Waals surface area contributed by atoms with Gasteiger partial charge in [-0.2, -0.15) is 0 Å². The molecule has 0 bridgehead atoms. The Balaban J connectivity index is 1.24. The summed E-state index contributed by atoms with van der Waals surface area (Å²) in [5.41, 5.74) is 3.67. The second-order valence-corrected chi connectivity index (χ2v) is 9.08. The van der Waals surface area contributed by atoms with E-state index < -0.39 is 0 Å². The third-order valence-corrected chi connectivity index (χ3v) is 6.44. The molecule has 6 nitrogen and oxygen atoms in total. The number of rotatable bonds is 7. The third-order valence-electron chi connectivity index (χ3n) is 5.87. The van der Waals surface area contributed by atoms with Crippen LogP contribution in [0.5, 0.6) is 5.75 Å². The van der Waals surface area contributed by atoms with Crippen molar-refractivity contribution in [3.05, 3.63) is 88.9 Å². The molecule has 1 saturated heterocycles. The fourth-order valence-corrected chi connectivity index (χ4v) is 4.40. The molecule has 3 aromatic carbocycles. The fraction of sp³-hybridized carbons (Fsp3) is 0.259. The van der Waals surface area contributed by atoms with Crippen molar-refractivity contribution in [2.24, 2.45) is 0 Å². The summed E-state index contributed by atoms with van der Waals surface area (Å²) < 4.78 is 5.41. The standard InChI is InChI=1S/C27H29ClN4O2S/c1-2-34-24-13-7-20(8-14-24)26(33)30-27(35)29-22-9-11-23(12-10-22)32-17-15-31(16-18-32)19-21-5-3-4-6-25(21)28/h3-14H,2,15-19H2,1H3,(H2,29,30,33,35). The molecule has 0 spiro atoms. The van der Waals surface area contributed by atoms with Crippen LogP contribution in [0.2, 0.25) is 5.02 Å². The Morgan fingerprint density at radius 2 is 1.66 bits per heavy atom. The number of benzene rings is 3. The number of anilines is 2. The number of hydrogen-bond donors (Lipinski definition) is 2. The Labute approximate surface area is 216 Å². The minimum Gasteiger partial charge on any atom is -0.494 e. The predicted molar refractivity (Wildman–Crippen MR) is 147 cm³/mol. The molecule has 182 valence electrons. The van der Waals surface area contributed by atoms with E-state index in [1.54, 1.807) is 24.3 Å². The number of piperazine rings is 1. The van der Waals surface area contributed by atoms with Crippen LogP contribution in [0.25, 0.3) is 0 Å². The first-order valence-corrected chi connectivity index (χ1v) is 12.5. The van der Waals surface area contributed by atoms with Gasteiger partial charge in [0, 0.05) is 54.7 Å². The smallest absolute Gasteiger partial charge is 0.257 e. The summed E-state index contributed by atoms with van der Waals surface area (Å²) in [6.45, 7) is 7.23. The van der Waals surface area contributed by atoms with Crippen LogP contribution in [-0.4, -0.2) is 48.7 Å². The van der Waals surface area contributed by atoms with Crippen molar-refractivity contribution in [3.63, 3.8) is 0 Å². The van der Waals surface area contributed by atoms with Gasteiger partial charge in [-0.25, -0.2) is 0 Å². The maximum Gasteiger partial charge on any atom is 0.257 e. The SMILES string of the molecule is CCOc1ccc(C(=O)NC(=S)Nc2ccc(N3CCN(Cc4ccccc4Cl)CC3)cc2)cc1. The Bertz CT molecular complexity index is 1150. The summed E-state index contributed by atoms with van der Waals surface area (Å²) in [4.78, 5) is 17.2. The first-order valence-electron chi connectivity index (χ1n) is 11.7. The summed E-state index contributed by atoms with van der Waals surface area (Å²) >= 11 is 11.6. The van der Waals surface area contributed by atoms with E-state index in [9.17, 15) is 4.79 Å². The van der Waals surface area contributed by atoms with E-state index in [-0.39, 0.29) is 11.0 Å². The van der Waals surface area contributed by atoms with Gasteiger partial charge in [-0.05, 0) is 79.3 Å². The molecule has 0 unspecified atom stereocenters. The van der Waals surface area contributed by atoms with Gasteiger partial charge in [0.1, 0.15) is 5.75 Å². The molecular weight excluding hydrogens is 480 g/mol. The molecule has 8 heteroatoms. The molecule has 0 saturated carbocycles. The highest BCUT2D eigenvalue weighted by atomic mass is 35.5. The van der Waals surface area contributed by atoms with E-state index in [0.717, 1.165) is 54.9 Å². The normalized spacial score (nSPS) is 13.8. The summed E-state index contributed by atoms with van der Waals surface area (Å²) in [5, 5.41) is 6.88. The molecule has 0 radical (unpaired) electrons. The van der Waals surface area contributed by atoms with Crippen molar-refractivity contribution < 1.29 is 9.53 Å². The molecule has 1 heterocycles. The minimum atomic E-state index is -0.267. The Morgan fingerprint density at radius 1 is 0.971 bits per heavy atom. The fourth-order valence-electron chi connectivity index (χ4n) is 3.99. The lowest BCUT2D eigenvalue weighted by atomic mass is 10.2. The Kier molecular flexibility index (Phi) is 8.58. The largest absolute Gasteiger partial charge is 0.494 e. The third kappa shape index (κ3) is 6.94. The van der Waals surface area contributed by atoms with Gasteiger partial charge in [0.25, 0.3) is 5.91 Å². The zero-order chi connectivity index (χ0) is 24.6. The molecule has 1 amide bonds. The summed E-state index contributed by atoms with van der Waals surface area (Å²) in [6.07, 6.45) is 0.